The molecule has 0 aromatic carbocycles. The number of hydrogen-bond donors (Lipinski definition) is 1. The van der Waals surface area contributed by atoms with E-state index in [1.165, 1.54) is 4.80 Å². The summed E-state index contributed by atoms with van der Waals surface area (Å²) in [6, 6.07) is 0. The van der Waals surface area contributed by atoms with Crippen LogP contribution in [0.2, 0.25) is 0 Å². The molecule has 2 rings (SSSR count). The van der Waals surface area contributed by atoms with E-state index in [1.807, 2.05) is 0 Å². The van der Waals surface area contributed by atoms with Gasteiger partial charge < -0.3 is 0 Å². The van der Waals surface area contributed by atoms with E-state index in [0.717, 1.165) is 12.8 Å². The summed E-state index contributed by atoms with van der Waals surface area (Å²) in [4.78, 5) is 1.30. The van der Waals surface area contributed by atoms with Crippen molar-refractivity contribution >= 4 is 10.0 Å². The molecule has 15 heavy (non-hydrogen) atoms. The third-order valence-electron chi connectivity index (χ3n) is 2.15. The summed E-state index contributed by atoms with van der Waals surface area (Å²) >= 11 is 0. The highest BCUT2D eigenvalue weighted by atomic mass is 32.2. The van der Waals surface area contributed by atoms with Gasteiger partial charge in [-0.1, -0.05) is 0 Å². The largest absolute Gasteiger partial charge is 0.212 e. The van der Waals surface area contributed by atoms with Gasteiger partial charge in [-0.15, -0.1) is 10.2 Å². The molecule has 1 fully saturated rings. The van der Waals surface area contributed by atoms with Crippen LogP contribution in [-0.2, 0) is 23.6 Å². The summed E-state index contributed by atoms with van der Waals surface area (Å²) in [7, 11) is -1.54. The van der Waals surface area contributed by atoms with Crippen LogP contribution in [0.5, 0.6) is 0 Å². The summed E-state index contributed by atoms with van der Waals surface area (Å²) in [5, 5.41) is 11.2. The van der Waals surface area contributed by atoms with Crippen LogP contribution in [0.25, 0.3) is 0 Å². The molecule has 1 saturated carbocycles. The van der Waals surface area contributed by atoms with Crippen molar-refractivity contribution in [2.75, 3.05) is 5.75 Å². The van der Waals surface area contributed by atoms with E-state index in [0.29, 0.717) is 11.7 Å². The Balaban J connectivity index is 1.86. The normalized spacial score (nSPS) is 16.9. The zero-order chi connectivity index (χ0) is 10.9. The van der Waals surface area contributed by atoms with E-state index in [4.69, 9.17) is 0 Å². The topological polar surface area (TPSA) is 89.8 Å². The van der Waals surface area contributed by atoms with Gasteiger partial charge in [0.05, 0.1) is 19.3 Å². The lowest BCUT2D eigenvalue weighted by Gasteiger charge is -2.02. The molecule has 0 spiro atoms. The first-order valence-electron chi connectivity index (χ1n) is 4.75. The second-order valence-electron chi connectivity index (χ2n) is 3.74. The summed E-state index contributed by atoms with van der Waals surface area (Å²) in [5.41, 5.74) is 0. The minimum absolute atomic E-state index is 0.114. The zero-order valence-corrected chi connectivity index (χ0v) is 9.24. The van der Waals surface area contributed by atoms with E-state index in [9.17, 15) is 8.42 Å². The molecule has 0 saturated heterocycles. The quantitative estimate of drug-likeness (QED) is 0.705. The second-order valence-corrected chi connectivity index (χ2v) is 5.59. The summed E-state index contributed by atoms with van der Waals surface area (Å²) in [5.74, 6) is 0.946. The maximum absolute atomic E-state index is 11.5. The Morgan fingerprint density at radius 2 is 2.27 bits per heavy atom. The molecule has 1 heterocycles. The molecule has 0 unspecified atom stereocenters. The maximum atomic E-state index is 11.5. The Morgan fingerprint density at radius 1 is 1.53 bits per heavy atom. The van der Waals surface area contributed by atoms with Gasteiger partial charge in [0, 0.05) is 0 Å². The lowest BCUT2D eigenvalue weighted by atomic mass is 10.5. The predicted octanol–water partition coefficient (Wildman–Crippen LogP) is -0.960. The van der Waals surface area contributed by atoms with Crippen molar-refractivity contribution < 1.29 is 8.42 Å². The zero-order valence-electron chi connectivity index (χ0n) is 8.42. The average molecular weight is 231 g/mol. The molecular formula is C7H13N5O2S. The van der Waals surface area contributed by atoms with Crippen LogP contribution in [-0.4, -0.2) is 34.4 Å². The van der Waals surface area contributed by atoms with Crippen LogP contribution < -0.4 is 4.72 Å². The van der Waals surface area contributed by atoms with E-state index in [2.05, 4.69) is 20.1 Å². The minimum Gasteiger partial charge on any atom is -0.212 e. The number of sulfonamides is 1. The van der Waals surface area contributed by atoms with Gasteiger partial charge in [-0.3, -0.25) is 0 Å². The fourth-order valence-electron chi connectivity index (χ4n) is 1.22. The number of rotatable bonds is 5. The number of tetrazole rings is 1. The lowest BCUT2D eigenvalue weighted by molar-refractivity contribution is 0.574. The molecule has 1 aromatic heterocycles. The summed E-state index contributed by atoms with van der Waals surface area (Å²) < 4.78 is 25.4. The van der Waals surface area contributed by atoms with Crippen LogP contribution in [0.3, 0.4) is 0 Å². The molecular weight excluding hydrogens is 218 g/mol. The highest BCUT2D eigenvalue weighted by molar-refractivity contribution is 7.89. The first-order chi connectivity index (χ1) is 7.05. The van der Waals surface area contributed by atoms with Crippen LogP contribution in [0.15, 0.2) is 0 Å². The van der Waals surface area contributed by atoms with Crippen molar-refractivity contribution in [2.45, 2.75) is 19.4 Å². The van der Waals surface area contributed by atoms with Gasteiger partial charge in [0.15, 0.2) is 5.82 Å². The third-order valence-corrected chi connectivity index (χ3v) is 3.65. The van der Waals surface area contributed by atoms with E-state index in [1.54, 1.807) is 7.05 Å². The number of hydrogen-bond acceptors (Lipinski definition) is 5. The van der Waals surface area contributed by atoms with Crippen molar-refractivity contribution in [3.05, 3.63) is 5.82 Å². The molecule has 8 heteroatoms. The Bertz CT molecular complexity index is 436. The molecule has 84 valence electrons. The minimum atomic E-state index is -3.17. The highest BCUT2D eigenvalue weighted by Gasteiger charge is 2.27. The van der Waals surface area contributed by atoms with Crippen LogP contribution in [0.1, 0.15) is 18.7 Å². The molecule has 0 atom stereocenters. The molecule has 0 amide bonds. The molecule has 7 nitrogen and oxygen atoms in total. The van der Waals surface area contributed by atoms with Gasteiger partial charge in [0.1, 0.15) is 0 Å². The van der Waals surface area contributed by atoms with Gasteiger partial charge in [-0.05, 0) is 24.0 Å². The van der Waals surface area contributed by atoms with Crippen LogP contribution >= 0.6 is 0 Å². The van der Waals surface area contributed by atoms with E-state index >= 15 is 0 Å². The van der Waals surface area contributed by atoms with Crippen molar-refractivity contribution in [2.24, 2.45) is 13.0 Å². The van der Waals surface area contributed by atoms with Gasteiger partial charge in [0.25, 0.3) is 0 Å². The monoisotopic (exact) mass is 231 g/mol. The molecule has 0 radical (unpaired) electrons. The smallest absolute Gasteiger partial charge is 0.212 e. The van der Waals surface area contributed by atoms with Crippen molar-refractivity contribution in [3.63, 3.8) is 0 Å². The summed E-state index contributed by atoms with van der Waals surface area (Å²) in [6.45, 7) is 0.114. The molecule has 1 aromatic rings. The fourth-order valence-corrected chi connectivity index (χ4v) is 2.64. The Kier molecular flexibility index (Phi) is 2.70. The first kappa shape index (κ1) is 10.5. The fraction of sp³-hybridized carbons (Fsp3) is 0.857. The maximum Gasteiger partial charge on any atom is 0.212 e. The van der Waals surface area contributed by atoms with E-state index in [-0.39, 0.29) is 12.3 Å². The van der Waals surface area contributed by atoms with Gasteiger partial charge in [-0.2, -0.15) is 4.80 Å². The second kappa shape index (κ2) is 3.86. The number of nitrogens with zero attached hydrogens (tertiary/aromatic N) is 4. The number of aryl methyl sites for hydroxylation is 1. The van der Waals surface area contributed by atoms with Crippen LogP contribution in [0.4, 0.5) is 0 Å². The van der Waals surface area contributed by atoms with Crippen LogP contribution in [0, 0.1) is 5.92 Å². The van der Waals surface area contributed by atoms with Gasteiger partial charge in [0.2, 0.25) is 10.0 Å². The van der Waals surface area contributed by atoms with E-state index < -0.39 is 10.0 Å². The Hall–Kier alpha value is -1.02. The molecule has 0 bridgehead atoms. The van der Waals surface area contributed by atoms with Gasteiger partial charge in [-0.25, -0.2) is 13.1 Å². The Labute approximate surface area is 87.9 Å². The molecule has 1 aliphatic carbocycles. The molecule has 1 aliphatic rings. The molecule has 0 aliphatic heterocycles. The summed E-state index contributed by atoms with van der Waals surface area (Å²) in [6.07, 6.45) is 2.04. The third kappa shape index (κ3) is 3.24. The van der Waals surface area contributed by atoms with Crippen molar-refractivity contribution in [3.8, 4) is 0 Å². The van der Waals surface area contributed by atoms with Crippen molar-refractivity contribution in [1.29, 1.82) is 0 Å². The van der Waals surface area contributed by atoms with Crippen molar-refractivity contribution in [1.82, 2.24) is 24.9 Å². The first-order valence-corrected chi connectivity index (χ1v) is 6.40. The lowest BCUT2D eigenvalue weighted by Crippen LogP contribution is -2.27. The number of aromatic nitrogens is 4. The standard InChI is InChI=1S/C7H13N5O2S/c1-12-10-7(9-11-12)4-8-15(13,14)5-6-2-3-6/h6,8H,2-5H2,1H3. The number of nitrogens with one attached hydrogen (secondary N) is 1. The Morgan fingerprint density at radius 3 is 2.80 bits per heavy atom. The average Bonchev–Trinajstić information content (AvgIpc) is 2.83. The highest BCUT2D eigenvalue weighted by Crippen LogP contribution is 2.29. The SMILES string of the molecule is Cn1nnc(CNS(=O)(=O)CC2CC2)n1. The predicted molar refractivity (Wildman–Crippen MR) is 52.1 cm³/mol. The van der Waals surface area contributed by atoms with Gasteiger partial charge >= 0.3 is 0 Å². The molecule has 1 N–H and O–H groups in total.